The van der Waals surface area contributed by atoms with Gasteiger partial charge in [0.05, 0.1) is 0 Å². The van der Waals surface area contributed by atoms with Crippen molar-refractivity contribution in [1.82, 2.24) is 9.80 Å². The van der Waals surface area contributed by atoms with Crippen LogP contribution >= 0.6 is 23.2 Å². The largest absolute Gasteiger partial charge is 0.326 e. The number of carbonyl (C=O) groups is 2. The summed E-state index contributed by atoms with van der Waals surface area (Å²) in [5.74, 6) is 0. The Labute approximate surface area is 80.0 Å². The highest BCUT2D eigenvalue weighted by Crippen LogP contribution is 2.06. The van der Waals surface area contributed by atoms with Crippen molar-refractivity contribution < 1.29 is 9.59 Å². The first-order valence-corrected chi connectivity index (χ1v) is 4.25. The van der Waals surface area contributed by atoms with E-state index < -0.39 is 10.7 Å². The molecule has 0 saturated carbocycles. The predicted octanol–water partition coefficient (Wildman–Crippen LogP) is 1.32. The van der Waals surface area contributed by atoms with Gasteiger partial charge in [0.25, 0.3) is 0 Å². The Bertz CT molecular complexity index is 180. The predicted molar refractivity (Wildman–Crippen MR) is 45.6 cm³/mol. The Morgan fingerprint density at radius 1 is 0.833 bits per heavy atom. The number of carbonyl (C=O) groups excluding carboxylic acids is 2. The van der Waals surface area contributed by atoms with Gasteiger partial charge >= 0.3 is 10.7 Å². The van der Waals surface area contributed by atoms with Crippen LogP contribution in [0.3, 0.4) is 0 Å². The normalized spacial score (nSPS) is 17.8. The number of hydrogen-bond donors (Lipinski definition) is 0. The molecule has 68 valence electrons. The molecule has 0 spiro atoms. The third kappa shape index (κ3) is 2.25. The molecular weight excluding hydrogens is 203 g/mol. The van der Waals surface area contributed by atoms with E-state index in [1.807, 2.05) is 0 Å². The van der Waals surface area contributed by atoms with E-state index in [1.54, 1.807) is 0 Å². The Kier molecular flexibility index (Phi) is 3.17. The Morgan fingerprint density at radius 3 is 1.25 bits per heavy atom. The minimum atomic E-state index is -0.475. The van der Waals surface area contributed by atoms with Crippen LogP contribution in [-0.4, -0.2) is 46.7 Å². The summed E-state index contributed by atoms with van der Waals surface area (Å²) in [6.45, 7) is 1.84. The number of piperazine rings is 1. The van der Waals surface area contributed by atoms with Gasteiger partial charge in [-0.2, -0.15) is 0 Å². The first-order chi connectivity index (χ1) is 5.61. The molecule has 2 amide bonds. The summed E-state index contributed by atoms with van der Waals surface area (Å²) in [6.07, 6.45) is 0. The molecule has 1 fully saturated rings. The number of nitrogens with zero attached hydrogens (tertiary/aromatic N) is 2. The van der Waals surface area contributed by atoms with E-state index in [1.165, 1.54) is 9.80 Å². The summed E-state index contributed by atoms with van der Waals surface area (Å²) in [6, 6.07) is 0. The molecule has 1 aliphatic rings. The van der Waals surface area contributed by atoms with Gasteiger partial charge in [0.15, 0.2) is 0 Å². The van der Waals surface area contributed by atoms with Crippen molar-refractivity contribution in [2.75, 3.05) is 26.2 Å². The molecule has 0 atom stereocenters. The quantitative estimate of drug-likeness (QED) is 0.447. The van der Waals surface area contributed by atoms with Crippen molar-refractivity contribution in [2.24, 2.45) is 0 Å². The van der Waals surface area contributed by atoms with Crippen molar-refractivity contribution in [3.05, 3.63) is 0 Å². The van der Waals surface area contributed by atoms with E-state index in [2.05, 4.69) is 0 Å². The minimum Gasteiger partial charge on any atom is -0.326 e. The summed E-state index contributed by atoms with van der Waals surface area (Å²) >= 11 is 10.5. The molecule has 1 heterocycles. The van der Waals surface area contributed by atoms with Crippen LogP contribution in [0.1, 0.15) is 0 Å². The van der Waals surface area contributed by atoms with Crippen LogP contribution in [-0.2, 0) is 0 Å². The molecule has 0 aromatic carbocycles. The van der Waals surface area contributed by atoms with Crippen LogP contribution in [0, 0.1) is 0 Å². The van der Waals surface area contributed by atoms with E-state index in [9.17, 15) is 9.59 Å². The van der Waals surface area contributed by atoms with Crippen LogP contribution < -0.4 is 0 Å². The molecule has 0 aromatic rings. The number of halogens is 2. The van der Waals surface area contributed by atoms with Crippen LogP contribution in [0.25, 0.3) is 0 Å². The van der Waals surface area contributed by atoms with E-state index >= 15 is 0 Å². The highest BCUT2D eigenvalue weighted by Gasteiger charge is 2.21. The highest BCUT2D eigenvalue weighted by atomic mass is 35.5. The maximum Gasteiger partial charge on any atom is 0.316 e. The molecular formula is C6H8Cl2N2O2. The molecule has 1 rings (SSSR count). The molecule has 0 radical (unpaired) electrons. The molecule has 0 unspecified atom stereocenters. The van der Waals surface area contributed by atoms with Crippen molar-refractivity contribution in [2.45, 2.75) is 0 Å². The van der Waals surface area contributed by atoms with Gasteiger partial charge in [-0.1, -0.05) is 0 Å². The fraction of sp³-hybridized carbons (Fsp3) is 0.667. The second-order valence-electron chi connectivity index (χ2n) is 2.48. The van der Waals surface area contributed by atoms with Crippen LogP contribution in [0.4, 0.5) is 9.59 Å². The molecule has 4 nitrogen and oxygen atoms in total. The van der Waals surface area contributed by atoms with Crippen molar-refractivity contribution >= 4 is 33.9 Å². The fourth-order valence-electron chi connectivity index (χ4n) is 1.06. The Balaban J connectivity index is 2.39. The van der Waals surface area contributed by atoms with E-state index in [0.717, 1.165) is 0 Å². The zero-order valence-corrected chi connectivity index (χ0v) is 7.81. The van der Waals surface area contributed by atoms with Gasteiger partial charge in [0, 0.05) is 26.2 Å². The second-order valence-corrected chi connectivity index (χ2v) is 3.13. The lowest BCUT2D eigenvalue weighted by Crippen LogP contribution is -2.47. The molecule has 0 N–H and O–H groups in total. The summed E-state index contributed by atoms with van der Waals surface area (Å²) in [5, 5.41) is -0.951. The van der Waals surface area contributed by atoms with Crippen LogP contribution in [0.15, 0.2) is 0 Å². The third-order valence-corrected chi connectivity index (χ3v) is 2.26. The van der Waals surface area contributed by atoms with Crippen LogP contribution in [0.2, 0.25) is 0 Å². The molecule has 0 aromatic heterocycles. The SMILES string of the molecule is O=C(Cl)N1CCN(C(=O)Cl)CC1. The summed E-state index contributed by atoms with van der Waals surface area (Å²) < 4.78 is 0. The van der Waals surface area contributed by atoms with E-state index in [0.29, 0.717) is 26.2 Å². The standard InChI is InChI=1S/C6H8Cl2N2O2/c7-5(11)9-1-2-10(4-3-9)6(8)12/h1-4H2. The Hall–Kier alpha value is -0.480. The summed E-state index contributed by atoms with van der Waals surface area (Å²) in [7, 11) is 0. The Morgan fingerprint density at radius 2 is 1.08 bits per heavy atom. The average molecular weight is 211 g/mol. The molecule has 0 bridgehead atoms. The minimum absolute atomic E-state index is 0.459. The average Bonchev–Trinajstić information content (AvgIpc) is 2.04. The van der Waals surface area contributed by atoms with Crippen LogP contribution in [0.5, 0.6) is 0 Å². The zero-order valence-electron chi connectivity index (χ0n) is 6.30. The van der Waals surface area contributed by atoms with E-state index in [4.69, 9.17) is 23.2 Å². The maximum absolute atomic E-state index is 10.6. The topological polar surface area (TPSA) is 40.6 Å². The molecule has 0 aliphatic carbocycles. The lowest BCUT2D eigenvalue weighted by molar-refractivity contribution is 0.166. The van der Waals surface area contributed by atoms with Gasteiger partial charge in [-0.15, -0.1) is 0 Å². The van der Waals surface area contributed by atoms with Gasteiger partial charge in [-0.25, -0.2) is 0 Å². The molecule has 1 saturated heterocycles. The number of amides is 2. The smallest absolute Gasteiger partial charge is 0.316 e. The molecule has 1 aliphatic heterocycles. The van der Waals surface area contributed by atoms with Gasteiger partial charge in [0.1, 0.15) is 0 Å². The summed E-state index contributed by atoms with van der Waals surface area (Å²) in [5.41, 5.74) is 0. The van der Waals surface area contributed by atoms with Crippen molar-refractivity contribution in [1.29, 1.82) is 0 Å². The summed E-state index contributed by atoms with van der Waals surface area (Å²) in [4.78, 5) is 24.2. The molecule has 12 heavy (non-hydrogen) atoms. The van der Waals surface area contributed by atoms with E-state index in [-0.39, 0.29) is 0 Å². The number of rotatable bonds is 0. The fourth-order valence-corrected chi connectivity index (χ4v) is 1.40. The lowest BCUT2D eigenvalue weighted by atomic mass is 10.3. The zero-order chi connectivity index (χ0) is 9.14. The monoisotopic (exact) mass is 210 g/mol. The van der Waals surface area contributed by atoms with Gasteiger partial charge in [-0.05, 0) is 23.2 Å². The second kappa shape index (κ2) is 3.96. The van der Waals surface area contributed by atoms with Gasteiger partial charge in [-0.3, -0.25) is 9.59 Å². The molecule has 6 heteroatoms. The number of hydrogen-bond acceptors (Lipinski definition) is 2. The first-order valence-electron chi connectivity index (χ1n) is 3.50. The van der Waals surface area contributed by atoms with Gasteiger partial charge in [0.2, 0.25) is 0 Å². The van der Waals surface area contributed by atoms with Crippen molar-refractivity contribution in [3.8, 4) is 0 Å². The lowest BCUT2D eigenvalue weighted by Gasteiger charge is -2.31. The van der Waals surface area contributed by atoms with Gasteiger partial charge < -0.3 is 9.80 Å². The first kappa shape index (κ1) is 9.61. The van der Waals surface area contributed by atoms with Crippen molar-refractivity contribution in [3.63, 3.8) is 0 Å². The highest BCUT2D eigenvalue weighted by molar-refractivity contribution is 6.63. The third-order valence-electron chi connectivity index (χ3n) is 1.78. The maximum atomic E-state index is 10.6.